The number of carbonyl (C=O) groups excluding carboxylic acids is 3. The van der Waals surface area contributed by atoms with E-state index in [4.69, 9.17) is 0 Å². The lowest BCUT2D eigenvalue weighted by Crippen LogP contribution is -2.46. The van der Waals surface area contributed by atoms with Crippen LogP contribution < -0.4 is 16.3 Å². The third kappa shape index (κ3) is 2.78. The van der Waals surface area contributed by atoms with Gasteiger partial charge in [-0.2, -0.15) is 0 Å². The summed E-state index contributed by atoms with van der Waals surface area (Å²) in [7, 11) is 0. The first kappa shape index (κ1) is 17.4. The molecule has 2 heterocycles. The Labute approximate surface area is 158 Å². The maximum Gasteiger partial charge on any atom is 0.335 e. The Balaban J connectivity index is 1.49. The van der Waals surface area contributed by atoms with Gasteiger partial charge in [0.2, 0.25) is 0 Å². The number of urea groups is 1. The van der Waals surface area contributed by atoms with Crippen LogP contribution in [0.15, 0.2) is 53.3 Å². The summed E-state index contributed by atoms with van der Waals surface area (Å²) in [6, 6.07) is 12.5. The predicted molar refractivity (Wildman–Crippen MR) is 100 cm³/mol. The van der Waals surface area contributed by atoms with Crippen LogP contribution in [0.2, 0.25) is 0 Å². The molecule has 9 heteroatoms. The zero-order valence-electron chi connectivity index (χ0n) is 14.8. The summed E-state index contributed by atoms with van der Waals surface area (Å²) in [4.78, 5) is 54.6. The van der Waals surface area contributed by atoms with E-state index in [9.17, 15) is 19.2 Å². The van der Waals surface area contributed by atoms with Crippen LogP contribution in [-0.4, -0.2) is 39.1 Å². The molecule has 4 amide bonds. The van der Waals surface area contributed by atoms with Crippen molar-refractivity contribution in [3.05, 3.63) is 75.8 Å². The number of imide groups is 1. The number of aryl methyl sites for hydroxylation is 1. The Morgan fingerprint density at radius 3 is 2.25 bits per heavy atom. The standard InChI is InChI=1S/C19H15N5O4/c1-11-21-15-9-5-4-8-14(15)18(27)24(11)22-19(28)20-10-23-16(25)12-6-2-3-7-13(12)17(23)26/h2-9H,10H2,1H3,(H2,20,22,28). The molecule has 0 saturated heterocycles. The van der Waals surface area contributed by atoms with Crippen LogP contribution in [0.4, 0.5) is 4.79 Å². The molecule has 1 aliphatic heterocycles. The fraction of sp³-hybridized carbons (Fsp3) is 0.105. The zero-order chi connectivity index (χ0) is 19.8. The highest BCUT2D eigenvalue weighted by atomic mass is 16.2. The molecule has 0 unspecified atom stereocenters. The van der Waals surface area contributed by atoms with Crippen molar-refractivity contribution in [1.82, 2.24) is 19.9 Å². The fourth-order valence-corrected chi connectivity index (χ4v) is 3.05. The second kappa shape index (κ2) is 6.62. The van der Waals surface area contributed by atoms with Gasteiger partial charge in [-0.25, -0.2) is 19.9 Å². The number of hydrogen-bond donors (Lipinski definition) is 2. The van der Waals surface area contributed by atoms with Crippen LogP contribution in [-0.2, 0) is 0 Å². The number of rotatable bonds is 3. The first-order valence-corrected chi connectivity index (χ1v) is 8.46. The van der Waals surface area contributed by atoms with Crippen molar-refractivity contribution in [3.63, 3.8) is 0 Å². The normalized spacial score (nSPS) is 13.0. The Morgan fingerprint density at radius 2 is 1.57 bits per heavy atom. The maximum atomic E-state index is 12.6. The molecule has 0 spiro atoms. The highest BCUT2D eigenvalue weighted by molar-refractivity contribution is 6.21. The van der Waals surface area contributed by atoms with Gasteiger partial charge >= 0.3 is 6.03 Å². The van der Waals surface area contributed by atoms with Gasteiger partial charge < -0.3 is 5.32 Å². The molecule has 0 radical (unpaired) electrons. The molecule has 0 saturated carbocycles. The van der Waals surface area contributed by atoms with Crippen molar-refractivity contribution >= 4 is 28.7 Å². The summed E-state index contributed by atoms with van der Waals surface area (Å²) >= 11 is 0. The molecule has 3 aromatic rings. The molecule has 9 nitrogen and oxygen atoms in total. The van der Waals surface area contributed by atoms with Gasteiger partial charge in [0.25, 0.3) is 17.4 Å². The van der Waals surface area contributed by atoms with Gasteiger partial charge in [-0.3, -0.25) is 19.3 Å². The predicted octanol–water partition coefficient (Wildman–Crippen LogP) is 1.21. The average Bonchev–Trinajstić information content (AvgIpc) is 2.94. The van der Waals surface area contributed by atoms with E-state index in [-0.39, 0.29) is 6.67 Å². The van der Waals surface area contributed by atoms with E-state index in [1.165, 1.54) is 0 Å². The molecule has 140 valence electrons. The molecule has 0 atom stereocenters. The molecule has 0 bridgehead atoms. The van der Waals surface area contributed by atoms with E-state index < -0.39 is 23.4 Å². The number of fused-ring (bicyclic) bond motifs is 2. The molecular weight excluding hydrogens is 362 g/mol. The number of amides is 4. The lowest BCUT2D eigenvalue weighted by Gasteiger charge is -2.16. The van der Waals surface area contributed by atoms with Gasteiger partial charge in [-0.05, 0) is 31.2 Å². The third-order valence-corrected chi connectivity index (χ3v) is 4.43. The van der Waals surface area contributed by atoms with E-state index in [1.807, 2.05) is 0 Å². The van der Waals surface area contributed by atoms with E-state index in [1.54, 1.807) is 55.5 Å². The fourth-order valence-electron chi connectivity index (χ4n) is 3.05. The minimum Gasteiger partial charge on any atom is -0.319 e. The van der Waals surface area contributed by atoms with Crippen LogP contribution in [0.1, 0.15) is 26.5 Å². The van der Waals surface area contributed by atoms with Gasteiger partial charge in [0.15, 0.2) is 0 Å². The molecule has 2 N–H and O–H groups in total. The van der Waals surface area contributed by atoms with E-state index in [0.717, 1.165) is 9.58 Å². The molecule has 1 aliphatic rings. The topological polar surface area (TPSA) is 113 Å². The number of aromatic nitrogens is 2. The maximum absolute atomic E-state index is 12.6. The quantitative estimate of drug-likeness (QED) is 0.666. The Morgan fingerprint density at radius 1 is 0.964 bits per heavy atom. The van der Waals surface area contributed by atoms with Gasteiger partial charge in [-0.15, -0.1) is 0 Å². The Bertz CT molecular complexity index is 1170. The van der Waals surface area contributed by atoms with Crippen LogP contribution >= 0.6 is 0 Å². The monoisotopic (exact) mass is 377 g/mol. The van der Waals surface area contributed by atoms with Gasteiger partial charge in [-0.1, -0.05) is 24.3 Å². The van der Waals surface area contributed by atoms with Crippen molar-refractivity contribution in [2.24, 2.45) is 0 Å². The van der Waals surface area contributed by atoms with E-state index in [2.05, 4.69) is 15.7 Å². The van der Waals surface area contributed by atoms with Gasteiger partial charge in [0.1, 0.15) is 12.5 Å². The van der Waals surface area contributed by atoms with E-state index in [0.29, 0.717) is 27.9 Å². The Kier molecular flexibility index (Phi) is 4.11. The van der Waals surface area contributed by atoms with Crippen molar-refractivity contribution in [1.29, 1.82) is 0 Å². The first-order valence-electron chi connectivity index (χ1n) is 8.46. The van der Waals surface area contributed by atoms with Crippen LogP contribution in [0, 0.1) is 6.92 Å². The number of nitrogens with zero attached hydrogens (tertiary/aromatic N) is 3. The number of benzene rings is 2. The number of nitrogens with one attached hydrogen (secondary N) is 2. The second-order valence-electron chi connectivity index (χ2n) is 6.18. The largest absolute Gasteiger partial charge is 0.335 e. The lowest BCUT2D eigenvalue weighted by atomic mass is 10.1. The highest BCUT2D eigenvalue weighted by Crippen LogP contribution is 2.21. The number of para-hydroxylation sites is 1. The molecular formula is C19H15N5O4. The summed E-state index contributed by atoms with van der Waals surface area (Å²) in [6.45, 7) is 1.26. The smallest absolute Gasteiger partial charge is 0.319 e. The van der Waals surface area contributed by atoms with Gasteiger partial charge in [0, 0.05) is 0 Å². The molecule has 2 aromatic carbocycles. The molecule has 1 aromatic heterocycles. The van der Waals surface area contributed by atoms with Crippen molar-refractivity contribution in [2.75, 3.05) is 12.1 Å². The molecule has 0 aliphatic carbocycles. The lowest BCUT2D eigenvalue weighted by molar-refractivity contribution is 0.0648. The van der Waals surface area contributed by atoms with Crippen molar-refractivity contribution in [2.45, 2.75) is 6.92 Å². The summed E-state index contributed by atoms with van der Waals surface area (Å²) in [5.41, 5.74) is 3.06. The first-order chi connectivity index (χ1) is 13.5. The number of carbonyl (C=O) groups is 3. The van der Waals surface area contributed by atoms with Crippen molar-refractivity contribution < 1.29 is 14.4 Å². The number of hydrogen-bond acceptors (Lipinski definition) is 5. The summed E-state index contributed by atoms with van der Waals surface area (Å²) in [5.74, 6) is -0.678. The van der Waals surface area contributed by atoms with E-state index >= 15 is 0 Å². The summed E-state index contributed by atoms with van der Waals surface area (Å²) < 4.78 is 1.01. The minimum atomic E-state index is -0.751. The average molecular weight is 377 g/mol. The van der Waals surface area contributed by atoms with Gasteiger partial charge in [0.05, 0.1) is 22.0 Å². The molecule has 28 heavy (non-hydrogen) atoms. The molecule has 4 rings (SSSR count). The zero-order valence-corrected chi connectivity index (χ0v) is 14.8. The second-order valence-corrected chi connectivity index (χ2v) is 6.18. The summed E-state index contributed by atoms with van der Waals surface area (Å²) in [6.07, 6.45) is 0. The van der Waals surface area contributed by atoms with Crippen LogP contribution in [0.5, 0.6) is 0 Å². The van der Waals surface area contributed by atoms with Crippen LogP contribution in [0.25, 0.3) is 10.9 Å². The molecule has 0 fully saturated rings. The highest BCUT2D eigenvalue weighted by Gasteiger charge is 2.35. The van der Waals surface area contributed by atoms with Crippen LogP contribution in [0.3, 0.4) is 0 Å². The SMILES string of the molecule is Cc1nc2ccccc2c(=O)n1NC(=O)NCN1C(=O)c2ccccc2C1=O. The Hall–Kier alpha value is -4.01. The van der Waals surface area contributed by atoms with Crippen molar-refractivity contribution in [3.8, 4) is 0 Å². The third-order valence-electron chi connectivity index (χ3n) is 4.43. The summed E-state index contributed by atoms with van der Waals surface area (Å²) in [5, 5.41) is 2.77. The minimum absolute atomic E-state index is 0.291.